The van der Waals surface area contributed by atoms with Crippen molar-refractivity contribution in [3.63, 3.8) is 0 Å². The van der Waals surface area contributed by atoms with Gasteiger partial charge in [0.2, 0.25) is 0 Å². The zero-order valence-corrected chi connectivity index (χ0v) is 8.44. The number of nitrogens with zero attached hydrogens (tertiary/aromatic N) is 1. The Kier molecular flexibility index (Phi) is 5.40. The number of hydrogen-bond acceptors (Lipinski definition) is 4. The molecule has 0 saturated carbocycles. The maximum atomic E-state index is 4.00. The van der Waals surface area contributed by atoms with Gasteiger partial charge in [0.25, 0.3) is 0 Å². The highest BCUT2D eigenvalue weighted by Gasteiger charge is 1.92. The molecule has 0 spiro atoms. The number of rotatable bonds is 7. The van der Waals surface area contributed by atoms with Crippen molar-refractivity contribution in [3.05, 3.63) is 29.2 Å². The van der Waals surface area contributed by atoms with Gasteiger partial charge in [-0.25, -0.2) is 0 Å². The Hall–Kier alpha value is -0.710. The molecule has 2 N–H and O–H groups in total. The van der Waals surface area contributed by atoms with Crippen LogP contribution < -0.4 is 10.6 Å². The molecule has 0 aliphatic carbocycles. The molecule has 0 unspecified atom stereocenters. The van der Waals surface area contributed by atoms with Crippen molar-refractivity contribution in [2.24, 2.45) is 0 Å². The summed E-state index contributed by atoms with van der Waals surface area (Å²) < 4.78 is 0. The van der Waals surface area contributed by atoms with Gasteiger partial charge in [0.05, 0.1) is 5.51 Å². The van der Waals surface area contributed by atoms with E-state index < -0.39 is 0 Å². The van der Waals surface area contributed by atoms with Gasteiger partial charge < -0.3 is 10.6 Å². The van der Waals surface area contributed by atoms with Gasteiger partial charge in [0.15, 0.2) is 0 Å². The summed E-state index contributed by atoms with van der Waals surface area (Å²) in [6, 6.07) is 0. The quantitative estimate of drug-likeness (QED) is 0.506. The highest BCUT2D eigenvalue weighted by molar-refractivity contribution is 7.09. The zero-order valence-electron chi connectivity index (χ0n) is 7.62. The lowest BCUT2D eigenvalue weighted by Crippen LogP contribution is -2.26. The molecule has 0 amide bonds. The Morgan fingerprint density at radius 3 is 3.00 bits per heavy atom. The summed E-state index contributed by atoms with van der Waals surface area (Å²) in [5, 5.41) is 6.54. The second-order valence-corrected chi connectivity index (χ2v) is 3.61. The van der Waals surface area contributed by atoms with E-state index in [9.17, 15) is 0 Å². The molecule has 0 aliphatic heterocycles. The Balaban J connectivity index is 1.93. The van der Waals surface area contributed by atoms with Gasteiger partial charge in [-0.3, -0.25) is 4.98 Å². The molecule has 0 saturated heterocycles. The van der Waals surface area contributed by atoms with Crippen LogP contribution in [0.4, 0.5) is 0 Å². The molecule has 72 valence electrons. The van der Waals surface area contributed by atoms with Crippen molar-refractivity contribution < 1.29 is 0 Å². The molecule has 3 nitrogen and oxygen atoms in total. The van der Waals surface area contributed by atoms with Crippen LogP contribution in [-0.4, -0.2) is 24.6 Å². The highest BCUT2D eigenvalue weighted by atomic mass is 32.1. The first kappa shape index (κ1) is 10.4. The Bertz CT molecular complexity index is 221. The monoisotopic (exact) mass is 197 g/mol. The molecule has 0 aliphatic rings. The Morgan fingerprint density at radius 2 is 2.31 bits per heavy atom. The summed E-state index contributed by atoms with van der Waals surface area (Å²) in [6.45, 7) is 7.38. The summed E-state index contributed by atoms with van der Waals surface area (Å²) in [5.74, 6) is 0. The predicted octanol–water partition coefficient (Wildman–Crippen LogP) is 1.01. The largest absolute Gasteiger partial charge is 0.312 e. The van der Waals surface area contributed by atoms with E-state index in [2.05, 4.69) is 22.2 Å². The molecule has 0 atom stereocenters. The summed E-state index contributed by atoms with van der Waals surface area (Å²) in [4.78, 5) is 5.28. The minimum Gasteiger partial charge on any atom is -0.312 e. The van der Waals surface area contributed by atoms with E-state index >= 15 is 0 Å². The fourth-order valence-electron chi connectivity index (χ4n) is 0.922. The van der Waals surface area contributed by atoms with E-state index in [4.69, 9.17) is 0 Å². The molecule has 1 aromatic heterocycles. The molecule has 1 aromatic rings. The Labute approximate surface area is 82.9 Å². The van der Waals surface area contributed by atoms with Crippen LogP contribution in [0.2, 0.25) is 0 Å². The van der Waals surface area contributed by atoms with Gasteiger partial charge in [-0.2, -0.15) is 0 Å². The van der Waals surface area contributed by atoms with Crippen LogP contribution in [0.5, 0.6) is 0 Å². The number of aromatic nitrogens is 1. The third-order valence-corrected chi connectivity index (χ3v) is 2.33. The van der Waals surface area contributed by atoms with Crippen molar-refractivity contribution >= 4 is 11.3 Å². The van der Waals surface area contributed by atoms with Gasteiger partial charge >= 0.3 is 0 Å². The Morgan fingerprint density at radius 1 is 1.46 bits per heavy atom. The van der Waals surface area contributed by atoms with Crippen molar-refractivity contribution in [3.8, 4) is 0 Å². The second kappa shape index (κ2) is 6.77. The average Bonchev–Trinajstić information content (AvgIpc) is 2.63. The van der Waals surface area contributed by atoms with Crippen LogP contribution in [0.1, 0.15) is 4.88 Å². The molecule has 0 aromatic carbocycles. The first-order chi connectivity index (χ1) is 6.43. The lowest BCUT2D eigenvalue weighted by Gasteiger charge is -2.02. The van der Waals surface area contributed by atoms with Crippen LogP contribution in [0.3, 0.4) is 0 Å². The van der Waals surface area contributed by atoms with Crippen molar-refractivity contribution in [2.45, 2.75) is 6.54 Å². The fraction of sp³-hybridized carbons (Fsp3) is 0.444. The molecule has 0 radical (unpaired) electrons. The first-order valence-electron chi connectivity index (χ1n) is 4.33. The van der Waals surface area contributed by atoms with E-state index in [1.54, 1.807) is 11.3 Å². The topological polar surface area (TPSA) is 37.0 Å². The third kappa shape index (κ3) is 4.77. The molecule has 1 heterocycles. The van der Waals surface area contributed by atoms with Crippen molar-refractivity contribution in [2.75, 3.05) is 19.6 Å². The van der Waals surface area contributed by atoms with Crippen LogP contribution in [0.15, 0.2) is 24.4 Å². The second-order valence-electron chi connectivity index (χ2n) is 2.64. The zero-order chi connectivity index (χ0) is 9.36. The van der Waals surface area contributed by atoms with Crippen molar-refractivity contribution in [1.29, 1.82) is 0 Å². The minimum atomic E-state index is 0.877. The highest BCUT2D eigenvalue weighted by Crippen LogP contribution is 2.03. The van der Waals surface area contributed by atoms with Crippen LogP contribution in [0.25, 0.3) is 0 Å². The maximum Gasteiger partial charge on any atom is 0.0794 e. The van der Waals surface area contributed by atoms with E-state index in [0.717, 1.165) is 26.2 Å². The minimum absolute atomic E-state index is 0.877. The summed E-state index contributed by atoms with van der Waals surface area (Å²) >= 11 is 1.68. The predicted molar refractivity (Wildman–Crippen MR) is 56.9 cm³/mol. The van der Waals surface area contributed by atoms with Gasteiger partial charge in [-0.15, -0.1) is 17.9 Å². The fourth-order valence-corrected chi connectivity index (χ4v) is 1.49. The SMILES string of the molecule is C=CCNCCNCc1cncs1. The van der Waals surface area contributed by atoms with Gasteiger partial charge in [-0.05, 0) is 0 Å². The van der Waals surface area contributed by atoms with Gasteiger partial charge in [0.1, 0.15) is 0 Å². The van der Waals surface area contributed by atoms with E-state index in [1.807, 2.05) is 17.8 Å². The van der Waals surface area contributed by atoms with E-state index in [0.29, 0.717) is 0 Å². The van der Waals surface area contributed by atoms with Gasteiger partial charge in [0, 0.05) is 37.3 Å². The number of thiazole rings is 1. The summed E-state index contributed by atoms with van der Waals surface area (Å²) in [7, 11) is 0. The molecular formula is C9H15N3S. The first-order valence-corrected chi connectivity index (χ1v) is 5.21. The van der Waals surface area contributed by atoms with E-state index in [-0.39, 0.29) is 0 Å². The van der Waals surface area contributed by atoms with Crippen LogP contribution >= 0.6 is 11.3 Å². The number of nitrogens with one attached hydrogen (secondary N) is 2. The summed E-state index contributed by atoms with van der Waals surface area (Å²) in [5.41, 5.74) is 1.85. The van der Waals surface area contributed by atoms with Crippen molar-refractivity contribution in [1.82, 2.24) is 15.6 Å². The lowest BCUT2D eigenvalue weighted by molar-refractivity contribution is 0.639. The lowest BCUT2D eigenvalue weighted by atomic mass is 10.5. The maximum absolute atomic E-state index is 4.00. The number of hydrogen-bond donors (Lipinski definition) is 2. The van der Waals surface area contributed by atoms with Gasteiger partial charge in [-0.1, -0.05) is 6.08 Å². The molecule has 1 rings (SSSR count). The standard InChI is InChI=1S/C9H15N3S/c1-2-3-10-4-5-11-6-9-7-12-8-13-9/h2,7-8,10-11H,1,3-6H2. The van der Waals surface area contributed by atoms with Crippen LogP contribution in [-0.2, 0) is 6.54 Å². The smallest absolute Gasteiger partial charge is 0.0794 e. The molecule has 4 heteroatoms. The normalized spacial score (nSPS) is 10.2. The third-order valence-electron chi connectivity index (χ3n) is 1.55. The molecule has 0 fully saturated rings. The van der Waals surface area contributed by atoms with E-state index in [1.165, 1.54) is 4.88 Å². The molecule has 13 heavy (non-hydrogen) atoms. The average molecular weight is 197 g/mol. The molecule has 0 bridgehead atoms. The summed E-state index contributed by atoms with van der Waals surface area (Å²) in [6.07, 6.45) is 3.76. The van der Waals surface area contributed by atoms with Crippen LogP contribution in [0, 0.1) is 0 Å². The molecular weight excluding hydrogens is 182 g/mol.